The third-order valence-corrected chi connectivity index (χ3v) is 4.32. The standard InChI is InChI=1S/C17H16ClN3O.C4H4O4/c1-2-16(20-21-9-3-4-13(21)11-22)15-7-8-19-17-10-12(18)5-6-14(15)17;5-3(6)1-2-4(7)8/h3-11,16,20H,2H2,1H3;1-2H,(H,5,6)(H,7,8). The lowest BCUT2D eigenvalue weighted by atomic mass is 10.0. The molecule has 0 fully saturated rings. The molecule has 3 N–H and O–H groups in total. The van der Waals surface area contributed by atoms with E-state index in [9.17, 15) is 14.4 Å². The molecule has 0 aliphatic rings. The van der Waals surface area contributed by atoms with Crippen molar-refractivity contribution in [2.45, 2.75) is 19.4 Å². The van der Waals surface area contributed by atoms with Crippen molar-refractivity contribution < 1.29 is 24.6 Å². The molecule has 0 bridgehead atoms. The summed E-state index contributed by atoms with van der Waals surface area (Å²) < 4.78 is 1.75. The van der Waals surface area contributed by atoms with Crippen LogP contribution in [0.5, 0.6) is 0 Å². The first-order valence-corrected chi connectivity index (χ1v) is 9.30. The van der Waals surface area contributed by atoms with E-state index in [0.29, 0.717) is 22.9 Å². The molecule has 0 saturated heterocycles. The van der Waals surface area contributed by atoms with Crippen LogP contribution >= 0.6 is 11.6 Å². The first-order chi connectivity index (χ1) is 14.3. The zero-order valence-corrected chi connectivity index (χ0v) is 16.8. The maximum absolute atomic E-state index is 11.1. The number of pyridine rings is 1. The van der Waals surface area contributed by atoms with E-state index in [-0.39, 0.29) is 6.04 Å². The number of hydrogen-bond acceptors (Lipinski definition) is 5. The van der Waals surface area contributed by atoms with E-state index in [1.807, 2.05) is 36.5 Å². The molecule has 2 heterocycles. The Bertz CT molecular complexity index is 1060. The van der Waals surface area contributed by atoms with Crippen LogP contribution < -0.4 is 5.43 Å². The molecule has 0 amide bonds. The average Bonchev–Trinajstić information content (AvgIpc) is 3.17. The lowest BCUT2D eigenvalue weighted by Gasteiger charge is -2.21. The normalized spacial score (nSPS) is 11.5. The monoisotopic (exact) mass is 429 g/mol. The molecule has 9 heteroatoms. The van der Waals surface area contributed by atoms with Crippen LogP contribution in [-0.4, -0.2) is 38.1 Å². The van der Waals surface area contributed by atoms with Crippen LogP contribution in [0.2, 0.25) is 5.02 Å². The van der Waals surface area contributed by atoms with Gasteiger partial charge in [-0.25, -0.2) is 9.59 Å². The fourth-order valence-corrected chi connectivity index (χ4v) is 2.91. The summed E-state index contributed by atoms with van der Waals surface area (Å²) in [6, 6.07) is 11.4. The molecular formula is C21H20ClN3O5. The van der Waals surface area contributed by atoms with Crippen LogP contribution in [0.1, 0.15) is 35.4 Å². The van der Waals surface area contributed by atoms with Gasteiger partial charge in [0.15, 0.2) is 6.29 Å². The Morgan fingerprint density at radius 3 is 2.50 bits per heavy atom. The molecular weight excluding hydrogens is 410 g/mol. The summed E-state index contributed by atoms with van der Waals surface area (Å²) in [6.45, 7) is 2.10. The predicted molar refractivity (Wildman–Crippen MR) is 113 cm³/mol. The number of nitrogens with one attached hydrogen (secondary N) is 1. The number of benzene rings is 1. The minimum absolute atomic E-state index is 0.0674. The van der Waals surface area contributed by atoms with Crippen molar-refractivity contribution >= 4 is 40.7 Å². The lowest BCUT2D eigenvalue weighted by Crippen LogP contribution is -2.21. The van der Waals surface area contributed by atoms with Crippen molar-refractivity contribution in [1.82, 2.24) is 9.66 Å². The van der Waals surface area contributed by atoms with Crippen molar-refractivity contribution in [3.63, 3.8) is 0 Å². The summed E-state index contributed by atoms with van der Waals surface area (Å²) >= 11 is 6.04. The number of rotatable bonds is 7. The molecule has 30 heavy (non-hydrogen) atoms. The summed E-state index contributed by atoms with van der Waals surface area (Å²) in [5.74, 6) is -2.51. The van der Waals surface area contributed by atoms with Gasteiger partial charge in [-0.15, -0.1) is 0 Å². The summed E-state index contributed by atoms with van der Waals surface area (Å²) in [4.78, 5) is 34.5. The van der Waals surface area contributed by atoms with Gasteiger partial charge < -0.3 is 15.6 Å². The van der Waals surface area contributed by atoms with Crippen molar-refractivity contribution in [2.75, 3.05) is 5.43 Å². The molecule has 156 valence electrons. The number of carbonyl (C=O) groups is 3. The Labute approximate surface area is 177 Å². The van der Waals surface area contributed by atoms with Gasteiger partial charge in [0.25, 0.3) is 0 Å². The van der Waals surface area contributed by atoms with E-state index in [1.54, 1.807) is 16.9 Å². The highest BCUT2D eigenvalue weighted by Crippen LogP contribution is 2.27. The number of carbonyl (C=O) groups excluding carboxylic acids is 1. The van der Waals surface area contributed by atoms with Gasteiger partial charge in [-0.1, -0.05) is 24.6 Å². The van der Waals surface area contributed by atoms with E-state index in [0.717, 1.165) is 29.2 Å². The topological polar surface area (TPSA) is 122 Å². The minimum atomic E-state index is -1.26. The van der Waals surface area contributed by atoms with Crippen LogP contribution in [0.15, 0.2) is 60.9 Å². The van der Waals surface area contributed by atoms with E-state index in [2.05, 4.69) is 17.3 Å². The number of carboxylic acid groups (broad SMARTS) is 2. The maximum atomic E-state index is 11.1. The summed E-state index contributed by atoms with van der Waals surface area (Å²) in [6.07, 6.45) is 6.45. The first kappa shape index (κ1) is 22.6. The predicted octanol–water partition coefficient (Wildman–Crippen LogP) is 3.91. The van der Waals surface area contributed by atoms with Crippen LogP contribution in [-0.2, 0) is 9.59 Å². The van der Waals surface area contributed by atoms with Gasteiger partial charge in [0.1, 0.15) is 5.69 Å². The minimum Gasteiger partial charge on any atom is -0.478 e. The number of aromatic nitrogens is 2. The molecule has 0 spiro atoms. The Morgan fingerprint density at radius 1 is 1.20 bits per heavy atom. The number of aliphatic carboxylic acids is 2. The molecule has 3 aromatic rings. The first-order valence-electron chi connectivity index (χ1n) is 8.92. The number of hydrogen-bond donors (Lipinski definition) is 3. The summed E-state index contributed by atoms with van der Waals surface area (Å²) in [5, 5.41) is 17.4. The second kappa shape index (κ2) is 10.8. The van der Waals surface area contributed by atoms with Gasteiger partial charge in [0, 0.05) is 35.0 Å². The lowest BCUT2D eigenvalue weighted by molar-refractivity contribution is -0.134. The van der Waals surface area contributed by atoms with Crippen LogP contribution in [0.25, 0.3) is 10.9 Å². The van der Waals surface area contributed by atoms with Gasteiger partial charge in [0.05, 0.1) is 11.6 Å². The van der Waals surface area contributed by atoms with E-state index < -0.39 is 11.9 Å². The number of halogens is 1. The Balaban J connectivity index is 0.000000343. The number of fused-ring (bicyclic) bond motifs is 1. The Kier molecular flexibility index (Phi) is 8.13. The van der Waals surface area contributed by atoms with Gasteiger partial charge >= 0.3 is 11.9 Å². The fourth-order valence-electron chi connectivity index (χ4n) is 2.75. The van der Waals surface area contributed by atoms with Crippen LogP contribution in [0, 0.1) is 0 Å². The van der Waals surface area contributed by atoms with Crippen molar-refractivity contribution in [3.8, 4) is 0 Å². The van der Waals surface area contributed by atoms with Gasteiger partial charge in [-0.05, 0) is 42.3 Å². The molecule has 1 atom stereocenters. The second-order valence-corrected chi connectivity index (χ2v) is 6.52. The third kappa shape index (κ3) is 6.18. The average molecular weight is 430 g/mol. The third-order valence-electron chi connectivity index (χ3n) is 4.09. The zero-order valence-electron chi connectivity index (χ0n) is 16.0. The molecule has 0 aliphatic carbocycles. The quantitative estimate of drug-likeness (QED) is 0.384. The number of aldehydes is 1. The molecule has 0 saturated carbocycles. The number of carboxylic acids is 2. The molecule has 3 rings (SSSR count). The highest BCUT2D eigenvalue weighted by molar-refractivity contribution is 6.31. The molecule has 8 nitrogen and oxygen atoms in total. The van der Waals surface area contributed by atoms with E-state index in [4.69, 9.17) is 21.8 Å². The molecule has 1 unspecified atom stereocenters. The zero-order chi connectivity index (χ0) is 22.1. The van der Waals surface area contributed by atoms with Gasteiger partial charge in [0.2, 0.25) is 0 Å². The van der Waals surface area contributed by atoms with Crippen molar-refractivity contribution in [2.24, 2.45) is 0 Å². The van der Waals surface area contributed by atoms with Crippen molar-refractivity contribution in [3.05, 3.63) is 77.2 Å². The smallest absolute Gasteiger partial charge is 0.328 e. The second-order valence-electron chi connectivity index (χ2n) is 6.08. The van der Waals surface area contributed by atoms with Crippen LogP contribution in [0.3, 0.4) is 0 Å². The largest absolute Gasteiger partial charge is 0.478 e. The molecule has 2 aromatic heterocycles. The van der Waals surface area contributed by atoms with E-state index >= 15 is 0 Å². The SMILES string of the molecule is CCC(Nn1cccc1C=O)c1ccnc2cc(Cl)ccc12.O=C(O)C=CC(=O)O. The molecule has 1 aromatic carbocycles. The maximum Gasteiger partial charge on any atom is 0.328 e. The van der Waals surface area contributed by atoms with Gasteiger partial charge in [-0.2, -0.15) is 0 Å². The highest BCUT2D eigenvalue weighted by Gasteiger charge is 2.14. The molecule has 0 radical (unpaired) electrons. The van der Waals surface area contributed by atoms with Gasteiger partial charge in [-0.3, -0.25) is 14.5 Å². The summed E-state index contributed by atoms with van der Waals surface area (Å²) in [5.41, 5.74) is 5.98. The number of nitrogens with zero attached hydrogens (tertiary/aromatic N) is 2. The van der Waals surface area contributed by atoms with Crippen molar-refractivity contribution in [1.29, 1.82) is 0 Å². The Hall–Kier alpha value is -3.65. The highest BCUT2D eigenvalue weighted by atomic mass is 35.5. The summed E-state index contributed by atoms with van der Waals surface area (Å²) in [7, 11) is 0. The van der Waals surface area contributed by atoms with Crippen LogP contribution in [0.4, 0.5) is 0 Å². The fraction of sp³-hybridized carbons (Fsp3) is 0.143. The van der Waals surface area contributed by atoms with E-state index in [1.165, 1.54) is 0 Å². The molecule has 0 aliphatic heterocycles. The Morgan fingerprint density at radius 2 is 1.90 bits per heavy atom.